The smallest absolute Gasteiger partial charge is 0.450 e. The van der Waals surface area contributed by atoms with Gasteiger partial charge < -0.3 is 9.84 Å². The highest BCUT2D eigenvalue weighted by atomic mass is 16.7. The molecule has 0 aromatic carbocycles. The van der Waals surface area contributed by atoms with E-state index < -0.39 is 6.16 Å². The minimum absolute atomic E-state index is 0.0382. The van der Waals surface area contributed by atoms with Crippen molar-refractivity contribution in [1.82, 2.24) is 0 Å². The molecule has 0 amide bonds. The fourth-order valence-corrected chi connectivity index (χ4v) is 1.49. The molecule has 3 heteroatoms. The minimum atomic E-state index is -1.13. The Bertz CT molecular complexity index is 136. The largest absolute Gasteiger partial charge is 0.506 e. The van der Waals surface area contributed by atoms with E-state index in [9.17, 15) is 4.79 Å². The van der Waals surface area contributed by atoms with Crippen LogP contribution in [0.4, 0.5) is 4.79 Å². The van der Waals surface area contributed by atoms with E-state index >= 15 is 0 Å². The Hall–Kier alpha value is -0.730. The van der Waals surface area contributed by atoms with E-state index in [0.717, 1.165) is 31.6 Å². The van der Waals surface area contributed by atoms with Gasteiger partial charge in [-0.2, -0.15) is 0 Å². The highest BCUT2D eigenvalue weighted by molar-refractivity contribution is 5.57. The molecule has 0 aromatic rings. The third-order valence-electron chi connectivity index (χ3n) is 2.23. The van der Waals surface area contributed by atoms with E-state index in [1.165, 1.54) is 0 Å². The van der Waals surface area contributed by atoms with Crippen LogP contribution in [-0.2, 0) is 4.74 Å². The van der Waals surface area contributed by atoms with E-state index in [1.807, 2.05) is 0 Å². The highest BCUT2D eigenvalue weighted by Gasteiger charge is 2.20. The highest BCUT2D eigenvalue weighted by Crippen LogP contribution is 2.25. The second-order valence-electron chi connectivity index (χ2n) is 3.27. The summed E-state index contributed by atoms with van der Waals surface area (Å²) in [5.41, 5.74) is 0. The Morgan fingerprint density at radius 1 is 1.36 bits per heavy atom. The van der Waals surface area contributed by atoms with E-state index in [4.69, 9.17) is 5.11 Å². The quantitative estimate of drug-likeness (QED) is 0.595. The summed E-state index contributed by atoms with van der Waals surface area (Å²) in [6.45, 7) is 2.19. The van der Waals surface area contributed by atoms with Crippen LogP contribution < -0.4 is 0 Å². The van der Waals surface area contributed by atoms with Gasteiger partial charge in [0.1, 0.15) is 6.10 Å². The number of carboxylic acid groups (broad SMARTS) is 1. The first-order chi connectivity index (χ1) is 5.18. The van der Waals surface area contributed by atoms with Crippen molar-refractivity contribution in [1.29, 1.82) is 0 Å². The van der Waals surface area contributed by atoms with Crippen LogP contribution in [0.1, 0.15) is 32.6 Å². The van der Waals surface area contributed by atoms with Gasteiger partial charge in [-0.25, -0.2) is 4.79 Å². The summed E-state index contributed by atoms with van der Waals surface area (Å²) in [5.74, 6) is 0.739. The summed E-state index contributed by atoms with van der Waals surface area (Å²) in [4.78, 5) is 10.1. The molecule has 1 saturated carbocycles. The summed E-state index contributed by atoms with van der Waals surface area (Å²) in [6, 6.07) is 0. The summed E-state index contributed by atoms with van der Waals surface area (Å²) in [7, 11) is 0. The van der Waals surface area contributed by atoms with E-state index in [2.05, 4.69) is 11.7 Å². The van der Waals surface area contributed by atoms with Crippen LogP contribution in [0.5, 0.6) is 0 Å². The van der Waals surface area contributed by atoms with Crippen LogP contribution in [0, 0.1) is 5.92 Å². The molecular weight excluding hydrogens is 144 g/mol. The van der Waals surface area contributed by atoms with Crippen molar-refractivity contribution in [3.8, 4) is 0 Å². The van der Waals surface area contributed by atoms with Gasteiger partial charge in [-0.1, -0.05) is 6.92 Å². The third kappa shape index (κ3) is 2.78. The number of hydrogen-bond acceptors (Lipinski definition) is 2. The Kier molecular flexibility index (Phi) is 2.74. The van der Waals surface area contributed by atoms with E-state index in [0.29, 0.717) is 0 Å². The fraction of sp³-hybridized carbons (Fsp3) is 0.875. The molecule has 0 aliphatic heterocycles. The summed E-state index contributed by atoms with van der Waals surface area (Å²) in [5, 5.41) is 8.31. The maximum atomic E-state index is 10.1. The molecule has 1 rings (SSSR count). The molecule has 64 valence electrons. The number of ether oxygens (including phenoxy) is 1. The summed E-state index contributed by atoms with van der Waals surface area (Å²) >= 11 is 0. The van der Waals surface area contributed by atoms with Gasteiger partial charge in [-0.3, -0.25) is 0 Å². The molecular formula is C8H14O3. The molecule has 0 unspecified atom stereocenters. The zero-order valence-electron chi connectivity index (χ0n) is 6.75. The molecule has 0 saturated heterocycles. The second kappa shape index (κ2) is 3.60. The minimum Gasteiger partial charge on any atom is -0.450 e. The molecule has 1 N–H and O–H groups in total. The van der Waals surface area contributed by atoms with Crippen molar-refractivity contribution < 1.29 is 14.6 Å². The average Bonchev–Trinajstić information content (AvgIpc) is 1.93. The molecule has 0 radical (unpaired) electrons. The van der Waals surface area contributed by atoms with Crippen LogP contribution in [0.3, 0.4) is 0 Å². The van der Waals surface area contributed by atoms with Crippen LogP contribution in [0.25, 0.3) is 0 Å². The molecule has 0 heterocycles. The van der Waals surface area contributed by atoms with Gasteiger partial charge in [0.15, 0.2) is 0 Å². The maximum absolute atomic E-state index is 10.1. The van der Waals surface area contributed by atoms with Gasteiger partial charge in [-0.15, -0.1) is 0 Å². The van der Waals surface area contributed by atoms with Gasteiger partial charge in [0, 0.05) is 0 Å². The lowest BCUT2D eigenvalue weighted by Gasteiger charge is -2.24. The molecule has 0 aromatic heterocycles. The van der Waals surface area contributed by atoms with Crippen molar-refractivity contribution in [2.75, 3.05) is 0 Å². The van der Waals surface area contributed by atoms with Gasteiger partial charge in [0.25, 0.3) is 0 Å². The molecule has 1 aliphatic carbocycles. The average molecular weight is 158 g/mol. The van der Waals surface area contributed by atoms with Crippen LogP contribution in [0.15, 0.2) is 0 Å². The van der Waals surface area contributed by atoms with Crippen LogP contribution >= 0.6 is 0 Å². The van der Waals surface area contributed by atoms with Gasteiger partial charge in [0.05, 0.1) is 0 Å². The van der Waals surface area contributed by atoms with Gasteiger partial charge in [-0.05, 0) is 31.6 Å². The van der Waals surface area contributed by atoms with Gasteiger partial charge in [0.2, 0.25) is 0 Å². The zero-order valence-corrected chi connectivity index (χ0v) is 6.75. The normalized spacial score (nSPS) is 31.4. The fourth-order valence-electron chi connectivity index (χ4n) is 1.49. The first-order valence-corrected chi connectivity index (χ1v) is 4.08. The predicted molar refractivity (Wildman–Crippen MR) is 40.5 cm³/mol. The van der Waals surface area contributed by atoms with Crippen LogP contribution in [0.2, 0.25) is 0 Å². The lowest BCUT2D eigenvalue weighted by atomic mass is 9.89. The van der Waals surface area contributed by atoms with Gasteiger partial charge >= 0.3 is 6.16 Å². The van der Waals surface area contributed by atoms with E-state index in [-0.39, 0.29) is 6.10 Å². The van der Waals surface area contributed by atoms with Crippen molar-refractivity contribution in [3.63, 3.8) is 0 Å². The lowest BCUT2D eigenvalue weighted by Crippen LogP contribution is -2.22. The second-order valence-corrected chi connectivity index (χ2v) is 3.27. The predicted octanol–water partition coefficient (Wildman–Crippen LogP) is 2.26. The molecule has 1 aliphatic rings. The maximum Gasteiger partial charge on any atom is 0.506 e. The van der Waals surface area contributed by atoms with E-state index in [1.54, 1.807) is 0 Å². The first kappa shape index (κ1) is 8.37. The Morgan fingerprint density at radius 2 is 1.91 bits per heavy atom. The standard InChI is InChI=1S/C8H14O3/c1-6-2-4-7(5-3-6)11-8(9)10/h6-7H,2-5H2,1H3,(H,9,10). The molecule has 3 nitrogen and oxygen atoms in total. The third-order valence-corrected chi connectivity index (χ3v) is 2.23. The van der Waals surface area contributed by atoms with Crippen molar-refractivity contribution in [2.24, 2.45) is 5.92 Å². The van der Waals surface area contributed by atoms with Crippen molar-refractivity contribution in [2.45, 2.75) is 38.7 Å². The molecule has 0 spiro atoms. The Labute approximate surface area is 66.4 Å². The topological polar surface area (TPSA) is 46.5 Å². The summed E-state index contributed by atoms with van der Waals surface area (Å²) in [6.07, 6.45) is 2.81. The molecule has 1 fully saturated rings. The molecule has 11 heavy (non-hydrogen) atoms. The van der Waals surface area contributed by atoms with Crippen molar-refractivity contribution in [3.05, 3.63) is 0 Å². The number of hydrogen-bond donors (Lipinski definition) is 1. The first-order valence-electron chi connectivity index (χ1n) is 4.08. The zero-order chi connectivity index (χ0) is 8.27. The van der Waals surface area contributed by atoms with Crippen molar-refractivity contribution >= 4 is 6.16 Å². The SMILES string of the molecule is CC1CCC(OC(=O)O)CC1. The Morgan fingerprint density at radius 3 is 2.36 bits per heavy atom. The Balaban J connectivity index is 2.22. The lowest BCUT2D eigenvalue weighted by molar-refractivity contribution is 0.0296. The van der Waals surface area contributed by atoms with Crippen LogP contribution in [-0.4, -0.2) is 17.4 Å². The molecule has 0 atom stereocenters. The number of rotatable bonds is 1. The number of carbonyl (C=O) groups is 1. The molecule has 0 bridgehead atoms. The summed E-state index contributed by atoms with van der Waals surface area (Å²) < 4.78 is 4.66. The monoisotopic (exact) mass is 158 g/mol.